The number of hydrogen-bond donors (Lipinski definition) is 3. The highest BCUT2D eigenvalue weighted by atomic mass is 32.2. The molecule has 38 heavy (non-hydrogen) atoms. The Morgan fingerprint density at radius 2 is 1.76 bits per heavy atom. The summed E-state index contributed by atoms with van der Waals surface area (Å²) in [6.07, 6.45) is 5.19. The number of rotatable bonds is 6. The maximum absolute atomic E-state index is 15.4. The van der Waals surface area contributed by atoms with E-state index in [1.54, 1.807) is 10.9 Å². The first kappa shape index (κ1) is 26.0. The molecule has 0 unspecified atom stereocenters. The zero-order chi connectivity index (χ0) is 27.2. The van der Waals surface area contributed by atoms with Gasteiger partial charge in [-0.2, -0.15) is 5.10 Å². The highest BCUT2D eigenvalue weighted by Crippen LogP contribution is 2.41. The van der Waals surface area contributed by atoms with Crippen LogP contribution < -0.4 is 16.2 Å². The van der Waals surface area contributed by atoms with Gasteiger partial charge in [0.2, 0.25) is 0 Å². The van der Waals surface area contributed by atoms with E-state index in [9.17, 15) is 12.8 Å². The molecule has 5 N–H and O–H groups in total. The first-order valence-corrected chi connectivity index (χ1v) is 13.8. The Morgan fingerprint density at radius 3 is 2.45 bits per heavy atom. The average Bonchev–Trinajstić information content (AvgIpc) is 3.27. The van der Waals surface area contributed by atoms with Gasteiger partial charge in [-0.1, -0.05) is 12.1 Å². The lowest BCUT2D eigenvalue weighted by Gasteiger charge is -2.27. The second kappa shape index (κ2) is 9.91. The van der Waals surface area contributed by atoms with Crippen LogP contribution in [0.1, 0.15) is 44.1 Å². The Kier molecular flexibility index (Phi) is 6.78. The second-order valence-corrected chi connectivity index (χ2v) is 11.1. The summed E-state index contributed by atoms with van der Waals surface area (Å²) >= 11 is 0. The molecular formula is C26H27F3N6O2S. The highest BCUT2D eigenvalue weighted by molar-refractivity contribution is 7.92. The van der Waals surface area contributed by atoms with Crippen molar-refractivity contribution in [2.75, 3.05) is 10.5 Å². The Morgan fingerprint density at radius 1 is 1.05 bits per heavy atom. The third-order valence-electron chi connectivity index (χ3n) is 7.02. The predicted octanol–water partition coefficient (Wildman–Crippen LogP) is 4.90. The highest BCUT2D eigenvalue weighted by Gasteiger charge is 2.28. The molecule has 1 aliphatic carbocycles. The van der Waals surface area contributed by atoms with Crippen LogP contribution in [-0.4, -0.2) is 29.2 Å². The summed E-state index contributed by atoms with van der Waals surface area (Å²) < 4.78 is 73.5. The molecule has 12 heteroatoms. The molecule has 4 aromatic rings. The molecule has 2 aromatic heterocycles. The molecule has 0 amide bonds. The molecule has 0 atom stereocenters. The molecule has 2 aromatic carbocycles. The Balaban J connectivity index is 1.59. The maximum atomic E-state index is 15.4. The quantitative estimate of drug-likeness (QED) is 0.317. The van der Waals surface area contributed by atoms with E-state index < -0.39 is 38.1 Å². The smallest absolute Gasteiger partial charge is 0.264 e. The standard InChI is InChI=1S/C26H27F3N6O2S/c1-2-35-25-17(14-7-9-15(30)10-8-14)13-32-26(31)23(25)24(33-35)16-11-20(29)21(12-19(16)28)34-38(36,37)22-6-4-3-5-18(22)27/h3-6,11-15,34H,2,7-10,30H2,1H3,(H2,31,32)/t14-,15-. The minimum atomic E-state index is -4.51. The minimum absolute atomic E-state index is 0.0983. The van der Waals surface area contributed by atoms with Crippen molar-refractivity contribution < 1.29 is 21.6 Å². The van der Waals surface area contributed by atoms with Crippen LogP contribution in [-0.2, 0) is 16.6 Å². The van der Waals surface area contributed by atoms with E-state index >= 15 is 8.78 Å². The summed E-state index contributed by atoms with van der Waals surface area (Å²) in [6.45, 7) is 2.33. The van der Waals surface area contributed by atoms with E-state index in [1.807, 2.05) is 11.6 Å². The number of nitrogens with zero attached hydrogens (tertiary/aromatic N) is 3. The van der Waals surface area contributed by atoms with Crippen LogP contribution in [0.15, 0.2) is 47.5 Å². The summed E-state index contributed by atoms with van der Waals surface area (Å²) in [5.41, 5.74) is 13.2. The second-order valence-electron chi connectivity index (χ2n) is 9.45. The van der Waals surface area contributed by atoms with Gasteiger partial charge in [-0.05, 0) is 62.3 Å². The van der Waals surface area contributed by atoms with Crippen LogP contribution in [0.3, 0.4) is 0 Å². The number of halogens is 3. The molecule has 2 heterocycles. The normalized spacial score (nSPS) is 18.1. The van der Waals surface area contributed by atoms with E-state index in [0.29, 0.717) is 23.5 Å². The van der Waals surface area contributed by atoms with Crippen molar-refractivity contribution in [3.63, 3.8) is 0 Å². The average molecular weight is 545 g/mol. The van der Waals surface area contributed by atoms with Gasteiger partial charge in [0, 0.05) is 30.4 Å². The van der Waals surface area contributed by atoms with Crippen molar-refractivity contribution in [3.8, 4) is 11.3 Å². The zero-order valence-corrected chi connectivity index (χ0v) is 21.4. The number of aryl methyl sites for hydroxylation is 1. The molecule has 5 rings (SSSR count). The van der Waals surface area contributed by atoms with Crippen LogP contribution in [0.4, 0.5) is 24.7 Å². The molecule has 0 spiro atoms. The number of nitrogens with one attached hydrogen (secondary N) is 1. The summed E-state index contributed by atoms with van der Waals surface area (Å²) in [5.74, 6) is -2.72. The summed E-state index contributed by atoms with van der Waals surface area (Å²) in [7, 11) is -4.51. The van der Waals surface area contributed by atoms with Crippen molar-refractivity contribution in [3.05, 3.63) is 65.6 Å². The molecule has 0 bridgehead atoms. The number of hydrogen-bond acceptors (Lipinski definition) is 6. The van der Waals surface area contributed by atoms with Gasteiger partial charge in [-0.3, -0.25) is 9.40 Å². The van der Waals surface area contributed by atoms with E-state index in [-0.39, 0.29) is 29.0 Å². The van der Waals surface area contributed by atoms with Crippen molar-refractivity contribution in [2.24, 2.45) is 5.73 Å². The number of benzene rings is 2. The van der Waals surface area contributed by atoms with Gasteiger partial charge in [-0.15, -0.1) is 0 Å². The first-order chi connectivity index (χ1) is 18.1. The van der Waals surface area contributed by atoms with E-state index in [4.69, 9.17) is 11.5 Å². The third-order valence-corrected chi connectivity index (χ3v) is 8.42. The van der Waals surface area contributed by atoms with Crippen LogP contribution in [0.25, 0.3) is 22.2 Å². The number of aromatic nitrogens is 3. The number of nitrogens with two attached hydrogens (primary N) is 2. The Labute approximate surface area is 217 Å². The van der Waals surface area contributed by atoms with E-state index in [0.717, 1.165) is 49.4 Å². The van der Waals surface area contributed by atoms with Gasteiger partial charge in [0.25, 0.3) is 10.0 Å². The zero-order valence-electron chi connectivity index (χ0n) is 20.6. The van der Waals surface area contributed by atoms with Crippen molar-refractivity contribution >= 4 is 32.4 Å². The molecule has 1 fully saturated rings. The summed E-state index contributed by atoms with van der Waals surface area (Å²) in [5, 5.41) is 4.95. The monoisotopic (exact) mass is 544 g/mol. The number of sulfonamides is 1. The number of fused-ring (bicyclic) bond motifs is 1. The van der Waals surface area contributed by atoms with Gasteiger partial charge in [0.05, 0.1) is 16.6 Å². The van der Waals surface area contributed by atoms with Crippen molar-refractivity contribution in [1.82, 2.24) is 14.8 Å². The molecule has 0 saturated heterocycles. The molecule has 0 aliphatic heterocycles. The fourth-order valence-electron chi connectivity index (χ4n) is 5.08. The third kappa shape index (κ3) is 4.58. The first-order valence-electron chi connectivity index (χ1n) is 12.3. The van der Waals surface area contributed by atoms with Gasteiger partial charge in [0.15, 0.2) is 0 Å². The SMILES string of the molecule is CCn1nc(-c2cc(F)c(NS(=O)(=O)c3ccccc3F)cc2F)c2c(N)ncc([C@H]3CC[C@H](N)CC3)c21. The van der Waals surface area contributed by atoms with Crippen LogP contribution >= 0.6 is 0 Å². The van der Waals surface area contributed by atoms with Crippen LogP contribution in [0, 0.1) is 17.5 Å². The van der Waals surface area contributed by atoms with Crippen molar-refractivity contribution in [1.29, 1.82) is 0 Å². The summed E-state index contributed by atoms with van der Waals surface area (Å²) in [6, 6.07) is 6.33. The fourth-order valence-corrected chi connectivity index (χ4v) is 6.22. The molecule has 200 valence electrons. The summed E-state index contributed by atoms with van der Waals surface area (Å²) in [4.78, 5) is 3.66. The number of anilines is 2. The molecule has 8 nitrogen and oxygen atoms in total. The predicted molar refractivity (Wildman–Crippen MR) is 139 cm³/mol. The molecule has 0 radical (unpaired) electrons. The van der Waals surface area contributed by atoms with E-state index in [1.165, 1.54) is 12.1 Å². The number of nitrogen functional groups attached to an aromatic ring is 1. The topological polar surface area (TPSA) is 129 Å². The van der Waals surface area contributed by atoms with Crippen LogP contribution in [0.2, 0.25) is 0 Å². The lowest BCUT2D eigenvalue weighted by Crippen LogP contribution is -2.26. The Bertz CT molecular complexity index is 1630. The van der Waals surface area contributed by atoms with Gasteiger partial charge >= 0.3 is 0 Å². The molecule has 1 saturated carbocycles. The minimum Gasteiger partial charge on any atom is -0.383 e. The lowest BCUT2D eigenvalue weighted by molar-refractivity contribution is 0.395. The lowest BCUT2D eigenvalue weighted by atomic mass is 9.82. The fraction of sp³-hybridized carbons (Fsp3) is 0.308. The molecule has 1 aliphatic rings. The maximum Gasteiger partial charge on any atom is 0.264 e. The van der Waals surface area contributed by atoms with Gasteiger partial charge in [0.1, 0.15) is 33.9 Å². The Hall–Kier alpha value is -3.64. The van der Waals surface area contributed by atoms with E-state index in [2.05, 4.69) is 10.1 Å². The van der Waals surface area contributed by atoms with Crippen LogP contribution in [0.5, 0.6) is 0 Å². The largest absolute Gasteiger partial charge is 0.383 e. The molecular weight excluding hydrogens is 517 g/mol. The van der Waals surface area contributed by atoms with Gasteiger partial charge in [-0.25, -0.2) is 26.6 Å². The van der Waals surface area contributed by atoms with Crippen molar-refractivity contribution in [2.45, 2.75) is 56.0 Å². The van der Waals surface area contributed by atoms with Gasteiger partial charge < -0.3 is 11.5 Å². The number of pyridine rings is 1.